The van der Waals surface area contributed by atoms with Crippen LogP contribution in [0.3, 0.4) is 0 Å². The molecule has 8 rings (SSSR count). The largest absolute Gasteiger partial charge is 0.487 e. The van der Waals surface area contributed by atoms with E-state index in [1.54, 1.807) is 30.5 Å². The van der Waals surface area contributed by atoms with E-state index >= 15 is 0 Å². The van der Waals surface area contributed by atoms with Gasteiger partial charge in [-0.15, -0.1) is 0 Å². The molecule has 4 aromatic rings. The second-order valence-electron chi connectivity index (χ2n) is 15.5. The number of benzene rings is 3. The Balaban J connectivity index is 0.784. The normalized spacial score (nSPS) is 18.9. The van der Waals surface area contributed by atoms with Gasteiger partial charge in [-0.05, 0) is 66.1 Å². The number of amides is 4. The monoisotopic (exact) mass is 796 g/mol. The number of ether oxygens (including phenoxy) is 1. The van der Waals surface area contributed by atoms with Crippen LogP contribution in [0.2, 0.25) is 5.02 Å². The molecule has 58 heavy (non-hydrogen) atoms. The van der Waals surface area contributed by atoms with Crippen LogP contribution in [0.5, 0.6) is 5.75 Å². The van der Waals surface area contributed by atoms with Gasteiger partial charge < -0.3 is 9.64 Å². The Morgan fingerprint density at radius 1 is 0.931 bits per heavy atom. The highest BCUT2D eigenvalue weighted by molar-refractivity contribution is 6.31. The number of anilines is 1. The van der Waals surface area contributed by atoms with E-state index in [1.807, 2.05) is 42.5 Å². The number of imide groups is 2. The molecule has 4 aliphatic heterocycles. The van der Waals surface area contributed by atoms with Crippen molar-refractivity contribution in [1.29, 1.82) is 0 Å². The van der Waals surface area contributed by atoms with Gasteiger partial charge >= 0.3 is 0 Å². The van der Waals surface area contributed by atoms with Crippen LogP contribution in [0, 0.1) is 18.4 Å². The molecule has 0 saturated carbocycles. The van der Waals surface area contributed by atoms with Crippen LogP contribution in [0.1, 0.15) is 69.8 Å². The van der Waals surface area contributed by atoms with Crippen LogP contribution in [0.25, 0.3) is 4.85 Å². The van der Waals surface area contributed by atoms with E-state index in [0.29, 0.717) is 41.4 Å². The van der Waals surface area contributed by atoms with E-state index in [4.69, 9.17) is 27.9 Å². The Morgan fingerprint density at radius 3 is 2.43 bits per heavy atom. The van der Waals surface area contributed by atoms with E-state index in [9.17, 15) is 19.2 Å². The first-order valence-electron chi connectivity index (χ1n) is 19.3. The third-order valence-corrected chi connectivity index (χ3v) is 11.6. The fourth-order valence-corrected chi connectivity index (χ4v) is 8.13. The van der Waals surface area contributed by atoms with Gasteiger partial charge in [-0.25, -0.2) is 14.8 Å². The third-order valence-electron chi connectivity index (χ3n) is 11.4. The molecule has 3 fully saturated rings. The van der Waals surface area contributed by atoms with Crippen LogP contribution in [-0.4, -0.2) is 106 Å². The molecule has 0 spiro atoms. The third kappa shape index (κ3) is 7.89. The lowest BCUT2D eigenvalue weighted by Crippen LogP contribution is -2.63. The van der Waals surface area contributed by atoms with Gasteiger partial charge in [-0.2, -0.15) is 0 Å². The number of piperazine rings is 1. The first kappa shape index (κ1) is 38.7. The Bertz CT molecular complexity index is 2400. The van der Waals surface area contributed by atoms with E-state index in [0.717, 1.165) is 66.7 Å². The molecular weight excluding hydrogens is 756 g/mol. The zero-order chi connectivity index (χ0) is 40.6. The molecule has 0 bridgehead atoms. The standard InChI is InChI=1S/C44H41ClN8O5/c1-44(2,30-22-31(45)24-33(23-30)46-3)29-7-9-35(10-8-29)58-27-32-14-15-47-43(48-32)52-19-17-51(18-20-52)34-25-50(26-34)16-4-5-28-6-11-36-37(21-28)42(57)53(41(36)56)38-12-13-39(54)49-40(38)55/h6-11,14-15,21-24,34,38H,12-13,16-20,25-27H2,1-2H3,(H,49,54,55). The molecule has 4 amide bonds. The summed E-state index contributed by atoms with van der Waals surface area (Å²) in [6.45, 7) is 17.8. The fourth-order valence-electron chi connectivity index (χ4n) is 7.90. The zero-order valence-electron chi connectivity index (χ0n) is 32.2. The van der Waals surface area contributed by atoms with E-state index < -0.39 is 29.7 Å². The molecule has 3 aromatic carbocycles. The molecule has 294 valence electrons. The molecule has 14 heteroatoms. The lowest BCUT2D eigenvalue weighted by Gasteiger charge is -2.47. The summed E-state index contributed by atoms with van der Waals surface area (Å²) in [4.78, 5) is 70.9. The minimum atomic E-state index is -0.993. The minimum absolute atomic E-state index is 0.0771. The van der Waals surface area contributed by atoms with Crippen LogP contribution in [0.15, 0.2) is 72.9 Å². The first-order valence-corrected chi connectivity index (χ1v) is 19.6. The average molecular weight is 797 g/mol. The highest BCUT2D eigenvalue weighted by Gasteiger charge is 2.44. The number of halogens is 1. The molecule has 3 saturated heterocycles. The molecule has 5 heterocycles. The summed E-state index contributed by atoms with van der Waals surface area (Å²) in [6.07, 6.45) is 1.97. The summed E-state index contributed by atoms with van der Waals surface area (Å²) in [5.41, 5.74) is 4.12. The van der Waals surface area contributed by atoms with E-state index in [1.165, 1.54) is 0 Å². The number of rotatable bonds is 9. The number of hydrogen-bond donors (Lipinski definition) is 1. The van der Waals surface area contributed by atoms with Crippen molar-refractivity contribution < 1.29 is 23.9 Å². The predicted molar refractivity (Wildman–Crippen MR) is 217 cm³/mol. The average Bonchev–Trinajstić information content (AvgIpc) is 3.45. The van der Waals surface area contributed by atoms with Gasteiger partial charge in [0, 0.05) is 73.9 Å². The maximum absolute atomic E-state index is 13.1. The number of aromatic nitrogens is 2. The van der Waals surface area contributed by atoms with Gasteiger partial charge in [0.25, 0.3) is 11.8 Å². The molecule has 1 aromatic heterocycles. The van der Waals surface area contributed by atoms with Crippen molar-refractivity contribution in [3.8, 4) is 17.6 Å². The van der Waals surface area contributed by atoms with Crippen molar-refractivity contribution >= 4 is 46.9 Å². The van der Waals surface area contributed by atoms with Crippen molar-refractivity contribution in [1.82, 2.24) is 30.0 Å². The fraction of sp³-hybridized carbons (Fsp3) is 0.341. The second kappa shape index (κ2) is 16.0. The van der Waals surface area contributed by atoms with Crippen molar-refractivity contribution in [2.75, 3.05) is 50.7 Å². The molecular formula is C44H41ClN8O5. The van der Waals surface area contributed by atoms with Crippen LogP contribution in [-0.2, 0) is 21.6 Å². The lowest BCUT2D eigenvalue weighted by atomic mass is 9.78. The second-order valence-corrected chi connectivity index (χ2v) is 15.9. The number of carbonyl (C=O) groups excluding carboxylic acids is 4. The first-order chi connectivity index (χ1) is 28.0. The van der Waals surface area contributed by atoms with Gasteiger partial charge in [-0.3, -0.25) is 39.2 Å². The van der Waals surface area contributed by atoms with Gasteiger partial charge in [0.05, 0.1) is 29.9 Å². The number of fused-ring (bicyclic) bond motifs is 1. The van der Waals surface area contributed by atoms with Crippen molar-refractivity contribution in [3.05, 3.63) is 123 Å². The van der Waals surface area contributed by atoms with Crippen LogP contribution >= 0.6 is 11.6 Å². The van der Waals surface area contributed by atoms with E-state index in [2.05, 4.69) is 55.5 Å². The summed E-state index contributed by atoms with van der Waals surface area (Å²) < 4.78 is 6.11. The summed E-state index contributed by atoms with van der Waals surface area (Å²) in [6, 6.07) is 19.7. The van der Waals surface area contributed by atoms with Gasteiger partial charge in [-0.1, -0.05) is 55.5 Å². The summed E-state index contributed by atoms with van der Waals surface area (Å²) in [5.74, 6) is 5.66. The van der Waals surface area contributed by atoms with Crippen LogP contribution < -0.4 is 15.0 Å². The predicted octanol–water partition coefficient (Wildman–Crippen LogP) is 4.84. The highest BCUT2D eigenvalue weighted by atomic mass is 35.5. The number of piperidine rings is 1. The number of carbonyl (C=O) groups is 4. The quantitative estimate of drug-likeness (QED) is 0.143. The van der Waals surface area contributed by atoms with Crippen LogP contribution in [0.4, 0.5) is 11.6 Å². The molecule has 1 N–H and O–H groups in total. The molecule has 0 aliphatic carbocycles. The van der Waals surface area contributed by atoms with Gasteiger partial charge in [0.1, 0.15) is 18.4 Å². The maximum Gasteiger partial charge on any atom is 0.262 e. The zero-order valence-corrected chi connectivity index (χ0v) is 33.0. The molecule has 1 atom stereocenters. The minimum Gasteiger partial charge on any atom is -0.487 e. The van der Waals surface area contributed by atoms with Gasteiger partial charge in [0.15, 0.2) is 5.69 Å². The summed E-state index contributed by atoms with van der Waals surface area (Å²) in [7, 11) is 0. The molecule has 4 aliphatic rings. The highest BCUT2D eigenvalue weighted by Crippen LogP contribution is 2.36. The topological polar surface area (TPSA) is 133 Å². The van der Waals surface area contributed by atoms with Crippen molar-refractivity contribution in [2.24, 2.45) is 0 Å². The lowest BCUT2D eigenvalue weighted by molar-refractivity contribution is -0.136. The number of likely N-dealkylation sites (tertiary alicyclic amines) is 1. The molecule has 13 nitrogen and oxygen atoms in total. The maximum atomic E-state index is 13.1. The van der Waals surface area contributed by atoms with Crippen molar-refractivity contribution in [3.63, 3.8) is 0 Å². The summed E-state index contributed by atoms with van der Waals surface area (Å²) >= 11 is 6.30. The number of nitrogens with zero attached hydrogens (tertiary/aromatic N) is 7. The summed E-state index contributed by atoms with van der Waals surface area (Å²) in [5, 5.41) is 2.77. The molecule has 1 unspecified atom stereocenters. The Kier molecular flexibility index (Phi) is 10.7. The number of nitrogens with one attached hydrogen (secondary N) is 1. The Labute approximate surface area is 341 Å². The Morgan fingerprint density at radius 2 is 1.69 bits per heavy atom. The van der Waals surface area contributed by atoms with Gasteiger partial charge in [0.2, 0.25) is 17.8 Å². The smallest absolute Gasteiger partial charge is 0.262 e. The Hall–Kier alpha value is -6.12. The number of hydrogen-bond acceptors (Lipinski definition) is 10. The molecule has 0 radical (unpaired) electrons. The SMILES string of the molecule is [C-]#[N+]c1cc(Cl)cc(C(C)(C)c2ccc(OCc3ccnc(N4CCN(C5CN(CC#Cc6ccc7c(c6)C(=O)N(C6CCC(=O)NC6=O)C7=O)C5)CC4)n3)cc2)c1. The van der Waals surface area contributed by atoms with E-state index in [-0.39, 0.29) is 29.4 Å². The van der Waals surface area contributed by atoms with Crippen molar-refractivity contribution in [2.45, 2.75) is 50.8 Å².